The van der Waals surface area contributed by atoms with Gasteiger partial charge in [-0.3, -0.25) is 4.79 Å². The number of nitrogens with two attached hydrogens (primary N) is 1. The first-order chi connectivity index (χ1) is 9.65. The molecule has 4 heteroatoms. The van der Waals surface area contributed by atoms with E-state index in [4.69, 9.17) is 10.5 Å². The lowest BCUT2D eigenvalue weighted by Crippen LogP contribution is -2.05. The lowest BCUT2D eigenvalue weighted by Gasteiger charge is -2.09. The SMILES string of the molecule is NC(=O)/C=C/c1cc(Br)ccc1OCc1ccccc1. The summed E-state index contributed by atoms with van der Waals surface area (Å²) >= 11 is 3.39. The third kappa shape index (κ3) is 4.24. The van der Waals surface area contributed by atoms with E-state index in [9.17, 15) is 4.79 Å². The molecule has 2 aromatic rings. The van der Waals surface area contributed by atoms with Crippen molar-refractivity contribution in [2.24, 2.45) is 5.73 Å². The minimum Gasteiger partial charge on any atom is -0.488 e. The molecule has 0 aliphatic rings. The Kier molecular flexibility index (Phi) is 4.96. The number of hydrogen-bond donors (Lipinski definition) is 1. The number of carbonyl (C=O) groups is 1. The minimum atomic E-state index is -0.487. The van der Waals surface area contributed by atoms with Crippen LogP contribution >= 0.6 is 15.9 Å². The van der Waals surface area contributed by atoms with Crippen molar-refractivity contribution in [1.82, 2.24) is 0 Å². The zero-order chi connectivity index (χ0) is 14.4. The van der Waals surface area contributed by atoms with Crippen LogP contribution in [0.2, 0.25) is 0 Å². The number of halogens is 1. The van der Waals surface area contributed by atoms with E-state index in [0.717, 1.165) is 15.6 Å². The Bertz CT molecular complexity index is 624. The fraction of sp³-hybridized carbons (Fsp3) is 0.0625. The van der Waals surface area contributed by atoms with Crippen LogP contribution in [-0.4, -0.2) is 5.91 Å². The summed E-state index contributed by atoms with van der Waals surface area (Å²) in [6.07, 6.45) is 2.96. The van der Waals surface area contributed by atoms with Gasteiger partial charge in [0, 0.05) is 16.1 Å². The normalized spacial score (nSPS) is 10.7. The van der Waals surface area contributed by atoms with E-state index in [1.165, 1.54) is 6.08 Å². The molecule has 3 nitrogen and oxygen atoms in total. The fourth-order valence-corrected chi connectivity index (χ4v) is 2.07. The minimum absolute atomic E-state index is 0.472. The molecule has 20 heavy (non-hydrogen) atoms. The zero-order valence-electron chi connectivity index (χ0n) is 10.8. The molecule has 102 valence electrons. The molecule has 0 saturated carbocycles. The van der Waals surface area contributed by atoms with E-state index in [1.54, 1.807) is 6.08 Å². The summed E-state index contributed by atoms with van der Waals surface area (Å²) in [5.41, 5.74) is 7.00. The van der Waals surface area contributed by atoms with Gasteiger partial charge in [0.2, 0.25) is 5.91 Å². The van der Waals surface area contributed by atoms with Gasteiger partial charge in [-0.1, -0.05) is 46.3 Å². The number of amides is 1. The number of primary amides is 1. The first-order valence-electron chi connectivity index (χ1n) is 6.09. The van der Waals surface area contributed by atoms with Crippen LogP contribution < -0.4 is 10.5 Å². The van der Waals surface area contributed by atoms with Crippen LogP contribution in [0.15, 0.2) is 59.1 Å². The van der Waals surface area contributed by atoms with Crippen molar-refractivity contribution >= 4 is 27.9 Å². The predicted molar refractivity (Wildman–Crippen MR) is 83.1 cm³/mol. The topological polar surface area (TPSA) is 52.3 Å². The molecule has 0 saturated heterocycles. The Morgan fingerprint density at radius 2 is 1.95 bits per heavy atom. The van der Waals surface area contributed by atoms with Gasteiger partial charge in [0.1, 0.15) is 12.4 Å². The summed E-state index contributed by atoms with van der Waals surface area (Å²) in [6, 6.07) is 15.5. The summed E-state index contributed by atoms with van der Waals surface area (Å²) < 4.78 is 6.70. The molecule has 0 aliphatic carbocycles. The number of benzene rings is 2. The average molecular weight is 332 g/mol. The third-order valence-electron chi connectivity index (χ3n) is 2.64. The van der Waals surface area contributed by atoms with Gasteiger partial charge in [-0.2, -0.15) is 0 Å². The Morgan fingerprint density at radius 1 is 1.20 bits per heavy atom. The molecular formula is C16H14BrNO2. The largest absolute Gasteiger partial charge is 0.488 e. The molecule has 0 fully saturated rings. The number of rotatable bonds is 5. The van der Waals surface area contributed by atoms with E-state index in [1.807, 2.05) is 48.5 Å². The first-order valence-corrected chi connectivity index (χ1v) is 6.88. The van der Waals surface area contributed by atoms with E-state index >= 15 is 0 Å². The molecule has 0 spiro atoms. The van der Waals surface area contributed by atoms with Crippen molar-refractivity contribution in [1.29, 1.82) is 0 Å². The monoisotopic (exact) mass is 331 g/mol. The fourth-order valence-electron chi connectivity index (χ4n) is 1.69. The van der Waals surface area contributed by atoms with Crippen molar-refractivity contribution in [2.75, 3.05) is 0 Å². The summed E-state index contributed by atoms with van der Waals surface area (Å²) in [5.74, 6) is 0.216. The molecule has 0 heterocycles. The van der Waals surface area contributed by atoms with E-state index in [-0.39, 0.29) is 0 Å². The first kappa shape index (κ1) is 14.3. The van der Waals surface area contributed by atoms with E-state index in [0.29, 0.717) is 12.4 Å². The van der Waals surface area contributed by atoms with Crippen LogP contribution in [0.3, 0.4) is 0 Å². The van der Waals surface area contributed by atoms with E-state index in [2.05, 4.69) is 15.9 Å². The van der Waals surface area contributed by atoms with Crippen molar-refractivity contribution in [3.05, 3.63) is 70.2 Å². The summed E-state index contributed by atoms with van der Waals surface area (Å²) in [7, 11) is 0. The van der Waals surface area contributed by atoms with Gasteiger partial charge in [-0.15, -0.1) is 0 Å². The summed E-state index contributed by atoms with van der Waals surface area (Å²) in [4.78, 5) is 10.8. The quantitative estimate of drug-likeness (QED) is 0.852. The van der Waals surface area contributed by atoms with Crippen LogP contribution in [0.5, 0.6) is 5.75 Å². The average Bonchev–Trinajstić information content (AvgIpc) is 2.45. The smallest absolute Gasteiger partial charge is 0.241 e. The highest BCUT2D eigenvalue weighted by Gasteiger charge is 2.03. The predicted octanol–water partition coefficient (Wildman–Crippen LogP) is 3.53. The van der Waals surface area contributed by atoms with Crippen molar-refractivity contribution < 1.29 is 9.53 Å². The van der Waals surface area contributed by atoms with Crippen LogP contribution in [0, 0.1) is 0 Å². The second-order valence-corrected chi connectivity index (χ2v) is 5.11. The maximum Gasteiger partial charge on any atom is 0.241 e. The maximum absolute atomic E-state index is 10.8. The van der Waals surface area contributed by atoms with Gasteiger partial charge in [-0.05, 0) is 29.8 Å². The van der Waals surface area contributed by atoms with Crippen LogP contribution in [0.1, 0.15) is 11.1 Å². The van der Waals surface area contributed by atoms with Crippen LogP contribution in [0.4, 0.5) is 0 Å². The Morgan fingerprint density at radius 3 is 2.65 bits per heavy atom. The molecule has 0 aromatic heterocycles. The lowest BCUT2D eigenvalue weighted by molar-refractivity contribution is -0.113. The molecule has 2 aromatic carbocycles. The van der Waals surface area contributed by atoms with Crippen molar-refractivity contribution in [3.63, 3.8) is 0 Å². The second kappa shape index (κ2) is 6.91. The molecule has 1 amide bonds. The number of carbonyl (C=O) groups excluding carboxylic acids is 1. The second-order valence-electron chi connectivity index (χ2n) is 4.19. The molecular weight excluding hydrogens is 318 g/mol. The Balaban J connectivity index is 2.16. The number of hydrogen-bond acceptors (Lipinski definition) is 2. The maximum atomic E-state index is 10.8. The van der Waals surface area contributed by atoms with Gasteiger partial charge in [-0.25, -0.2) is 0 Å². The zero-order valence-corrected chi connectivity index (χ0v) is 12.3. The lowest BCUT2D eigenvalue weighted by atomic mass is 10.2. The van der Waals surface area contributed by atoms with Gasteiger partial charge in [0.05, 0.1) is 0 Å². The Hall–Kier alpha value is -2.07. The summed E-state index contributed by atoms with van der Waals surface area (Å²) in [5, 5.41) is 0. The number of ether oxygens (including phenoxy) is 1. The van der Waals surface area contributed by atoms with Gasteiger partial charge in [0.25, 0.3) is 0 Å². The third-order valence-corrected chi connectivity index (χ3v) is 3.13. The van der Waals surface area contributed by atoms with Crippen molar-refractivity contribution in [2.45, 2.75) is 6.61 Å². The Labute approximate surface area is 126 Å². The van der Waals surface area contributed by atoms with Crippen LogP contribution in [0.25, 0.3) is 6.08 Å². The van der Waals surface area contributed by atoms with Gasteiger partial charge >= 0.3 is 0 Å². The highest BCUT2D eigenvalue weighted by Crippen LogP contribution is 2.25. The van der Waals surface area contributed by atoms with Crippen molar-refractivity contribution in [3.8, 4) is 5.75 Å². The highest BCUT2D eigenvalue weighted by atomic mass is 79.9. The highest BCUT2D eigenvalue weighted by molar-refractivity contribution is 9.10. The molecule has 0 unspecified atom stereocenters. The molecule has 0 atom stereocenters. The molecule has 0 bridgehead atoms. The van der Waals surface area contributed by atoms with Gasteiger partial charge in [0.15, 0.2) is 0 Å². The van der Waals surface area contributed by atoms with Gasteiger partial charge < -0.3 is 10.5 Å². The molecule has 2 rings (SSSR count). The molecule has 2 N–H and O–H groups in total. The summed E-state index contributed by atoms with van der Waals surface area (Å²) in [6.45, 7) is 0.472. The van der Waals surface area contributed by atoms with E-state index < -0.39 is 5.91 Å². The van der Waals surface area contributed by atoms with Crippen LogP contribution in [-0.2, 0) is 11.4 Å². The molecule has 0 radical (unpaired) electrons. The molecule has 0 aliphatic heterocycles. The standard InChI is InChI=1S/C16H14BrNO2/c17-14-7-8-15(13(10-14)6-9-16(18)19)20-11-12-4-2-1-3-5-12/h1-10H,11H2,(H2,18,19)/b9-6+.